The summed E-state index contributed by atoms with van der Waals surface area (Å²) in [6.07, 6.45) is 0. The fraction of sp³-hybridized carbons (Fsp3) is 0.350. The van der Waals surface area contributed by atoms with Crippen LogP contribution >= 0.6 is 0 Å². The zero-order chi connectivity index (χ0) is 16.9. The summed E-state index contributed by atoms with van der Waals surface area (Å²) in [6.45, 7) is 6.57. The maximum absolute atomic E-state index is 11.4. The molecular formula is C20H24N2O2. The molecule has 3 rings (SSSR count). The Morgan fingerprint density at radius 2 is 2.00 bits per heavy atom. The number of amides is 1. The molecule has 1 N–H and O–H groups in total. The van der Waals surface area contributed by atoms with E-state index in [1.807, 2.05) is 0 Å². The van der Waals surface area contributed by atoms with Crippen LogP contribution < -0.4 is 5.32 Å². The number of hydrogen-bond acceptors (Lipinski definition) is 3. The number of hydroxylamine groups is 2. The number of carbonyl (C=O) groups is 1. The minimum Gasteiger partial charge on any atom is -0.354 e. The van der Waals surface area contributed by atoms with Gasteiger partial charge in [0.2, 0.25) is 5.91 Å². The number of piperazine rings is 1. The minimum absolute atomic E-state index is 0.0147. The van der Waals surface area contributed by atoms with Crippen molar-refractivity contribution in [3.63, 3.8) is 0 Å². The minimum atomic E-state index is 0.0147. The van der Waals surface area contributed by atoms with Crippen molar-refractivity contribution in [1.29, 1.82) is 0 Å². The van der Waals surface area contributed by atoms with Gasteiger partial charge in [-0.05, 0) is 34.2 Å². The van der Waals surface area contributed by atoms with Crippen LogP contribution in [-0.4, -0.2) is 30.6 Å². The Balaban J connectivity index is 1.74. The van der Waals surface area contributed by atoms with Crippen LogP contribution in [0.3, 0.4) is 0 Å². The quantitative estimate of drug-likeness (QED) is 0.917. The molecule has 1 fully saturated rings. The monoisotopic (exact) mass is 324 g/mol. The van der Waals surface area contributed by atoms with Crippen LogP contribution in [0.5, 0.6) is 0 Å². The fourth-order valence-corrected chi connectivity index (χ4v) is 2.98. The molecule has 126 valence electrons. The van der Waals surface area contributed by atoms with Gasteiger partial charge in [-0.25, -0.2) is 0 Å². The number of nitrogens with zero attached hydrogens (tertiary/aromatic N) is 1. The zero-order valence-electron chi connectivity index (χ0n) is 14.3. The lowest BCUT2D eigenvalue weighted by atomic mass is 9.92. The Hall–Kier alpha value is -2.17. The number of nitrogens with one attached hydrogen (secondary N) is 1. The summed E-state index contributed by atoms with van der Waals surface area (Å²) in [5, 5.41) is 4.53. The van der Waals surface area contributed by atoms with Crippen LogP contribution in [0.1, 0.15) is 30.9 Å². The zero-order valence-corrected chi connectivity index (χ0v) is 14.3. The van der Waals surface area contributed by atoms with Crippen LogP contribution in [0.25, 0.3) is 11.1 Å². The number of benzene rings is 2. The summed E-state index contributed by atoms with van der Waals surface area (Å²) >= 11 is 0. The Bertz CT molecular complexity index is 712. The van der Waals surface area contributed by atoms with E-state index >= 15 is 0 Å². The van der Waals surface area contributed by atoms with Gasteiger partial charge < -0.3 is 5.32 Å². The predicted octanol–water partition coefficient (Wildman–Crippen LogP) is 3.34. The molecule has 0 atom stereocenters. The summed E-state index contributed by atoms with van der Waals surface area (Å²) in [7, 11) is 0. The molecule has 4 nitrogen and oxygen atoms in total. The van der Waals surface area contributed by atoms with E-state index in [9.17, 15) is 4.79 Å². The first-order chi connectivity index (χ1) is 11.6. The first-order valence-electron chi connectivity index (χ1n) is 8.46. The van der Waals surface area contributed by atoms with Crippen molar-refractivity contribution in [2.45, 2.75) is 26.4 Å². The van der Waals surface area contributed by atoms with Crippen molar-refractivity contribution < 1.29 is 9.63 Å². The van der Waals surface area contributed by atoms with E-state index in [4.69, 9.17) is 4.84 Å². The van der Waals surface area contributed by atoms with E-state index in [0.29, 0.717) is 25.6 Å². The summed E-state index contributed by atoms with van der Waals surface area (Å²) in [6, 6.07) is 17.0. The average Bonchev–Trinajstić information content (AvgIpc) is 2.60. The average molecular weight is 324 g/mol. The lowest BCUT2D eigenvalue weighted by Gasteiger charge is -2.25. The van der Waals surface area contributed by atoms with Gasteiger partial charge >= 0.3 is 0 Å². The van der Waals surface area contributed by atoms with Crippen molar-refractivity contribution in [3.05, 3.63) is 59.7 Å². The van der Waals surface area contributed by atoms with Crippen molar-refractivity contribution in [2.75, 3.05) is 19.6 Å². The van der Waals surface area contributed by atoms with Crippen LogP contribution in [-0.2, 0) is 16.2 Å². The third kappa shape index (κ3) is 4.02. The Morgan fingerprint density at radius 1 is 1.17 bits per heavy atom. The molecule has 0 aromatic heterocycles. The Morgan fingerprint density at radius 3 is 2.79 bits per heavy atom. The third-order valence-electron chi connectivity index (χ3n) is 4.24. The fourth-order valence-electron chi connectivity index (χ4n) is 2.98. The van der Waals surface area contributed by atoms with Gasteiger partial charge in [-0.3, -0.25) is 9.63 Å². The second-order valence-electron chi connectivity index (χ2n) is 6.43. The second-order valence-corrected chi connectivity index (χ2v) is 6.43. The van der Waals surface area contributed by atoms with Gasteiger partial charge in [0.15, 0.2) is 0 Å². The first-order valence-corrected chi connectivity index (χ1v) is 8.46. The lowest BCUT2D eigenvalue weighted by Crippen LogP contribution is -2.47. The van der Waals surface area contributed by atoms with Crippen molar-refractivity contribution in [3.8, 4) is 11.1 Å². The van der Waals surface area contributed by atoms with E-state index < -0.39 is 0 Å². The SMILES string of the molecule is CC(C)c1ccccc1-c1cccc(CON2CCNC(=O)C2)c1. The molecule has 0 saturated carbocycles. The number of carbonyl (C=O) groups excluding carboxylic acids is 1. The molecule has 0 radical (unpaired) electrons. The molecule has 2 aromatic rings. The highest BCUT2D eigenvalue weighted by atomic mass is 16.7. The van der Waals surface area contributed by atoms with Crippen molar-refractivity contribution in [2.24, 2.45) is 0 Å². The summed E-state index contributed by atoms with van der Waals surface area (Å²) < 4.78 is 0. The van der Waals surface area contributed by atoms with Gasteiger partial charge in [-0.15, -0.1) is 0 Å². The number of hydrogen-bond donors (Lipinski definition) is 1. The highest BCUT2D eigenvalue weighted by Crippen LogP contribution is 2.29. The van der Waals surface area contributed by atoms with E-state index in [1.54, 1.807) is 5.06 Å². The van der Waals surface area contributed by atoms with E-state index in [0.717, 1.165) is 12.1 Å². The van der Waals surface area contributed by atoms with E-state index in [2.05, 4.69) is 67.7 Å². The standard InChI is InChI=1S/C20H24N2O2/c1-15(2)18-8-3-4-9-19(18)17-7-5-6-16(12-17)14-24-22-11-10-21-20(23)13-22/h3-9,12,15H,10-11,13-14H2,1-2H3,(H,21,23). The molecule has 0 unspecified atom stereocenters. The van der Waals surface area contributed by atoms with Crippen LogP contribution in [0, 0.1) is 0 Å². The first kappa shape index (κ1) is 16.7. The molecule has 0 bridgehead atoms. The molecule has 1 aliphatic rings. The molecule has 4 heteroatoms. The maximum Gasteiger partial charge on any atom is 0.236 e. The molecule has 0 aliphatic carbocycles. The molecule has 1 saturated heterocycles. The summed E-state index contributed by atoms with van der Waals surface area (Å²) in [4.78, 5) is 17.2. The number of rotatable bonds is 5. The van der Waals surface area contributed by atoms with Gasteiger partial charge in [0.05, 0.1) is 6.61 Å². The summed E-state index contributed by atoms with van der Waals surface area (Å²) in [5.41, 5.74) is 4.93. The molecule has 24 heavy (non-hydrogen) atoms. The molecule has 2 aromatic carbocycles. The highest BCUT2D eigenvalue weighted by molar-refractivity contribution is 5.78. The highest BCUT2D eigenvalue weighted by Gasteiger charge is 2.16. The van der Waals surface area contributed by atoms with Gasteiger partial charge in [0.25, 0.3) is 0 Å². The third-order valence-corrected chi connectivity index (χ3v) is 4.24. The van der Waals surface area contributed by atoms with E-state index in [-0.39, 0.29) is 5.91 Å². The summed E-state index contributed by atoms with van der Waals surface area (Å²) in [5.74, 6) is 0.494. The smallest absolute Gasteiger partial charge is 0.236 e. The van der Waals surface area contributed by atoms with Crippen molar-refractivity contribution in [1.82, 2.24) is 10.4 Å². The molecule has 1 aliphatic heterocycles. The predicted molar refractivity (Wildman–Crippen MR) is 95.3 cm³/mol. The van der Waals surface area contributed by atoms with Crippen LogP contribution in [0.4, 0.5) is 0 Å². The van der Waals surface area contributed by atoms with Crippen LogP contribution in [0.15, 0.2) is 48.5 Å². The topological polar surface area (TPSA) is 41.6 Å². The van der Waals surface area contributed by atoms with Gasteiger partial charge in [0.1, 0.15) is 6.54 Å². The van der Waals surface area contributed by atoms with Gasteiger partial charge in [0, 0.05) is 13.1 Å². The normalized spacial score (nSPS) is 15.5. The largest absolute Gasteiger partial charge is 0.354 e. The lowest BCUT2D eigenvalue weighted by molar-refractivity contribution is -0.182. The molecule has 1 heterocycles. The second kappa shape index (κ2) is 7.60. The molecular weight excluding hydrogens is 300 g/mol. The van der Waals surface area contributed by atoms with Gasteiger partial charge in [-0.1, -0.05) is 56.3 Å². The van der Waals surface area contributed by atoms with Gasteiger partial charge in [-0.2, -0.15) is 5.06 Å². The van der Waals surface area contributed by atoms with Crippen LogP contribution in [0.2, 0.25) is 0 Å². The maximum atomic E-state index is 11.4. The molecule has 1 amide bonds. The van der Waals surface area contributed by atoms with E-state index in [1.165, 1.54) is 16.7 Å². The Kier molecular flexibility index (Phi) is 5.28. The molecule has 0 spiro atoms. The van der Waals surface area contributed by atoms with Crippen molar-refractivity contribution >= 4 is 5.91 Å². The Labute approximate surface area is 143 Å².